The van der Waals surface area contributed by atoms with Gasteiger partial charge in [0.15, 0.2) is 0 Å². The van der Waals surface area contributed by atoms with Crippen LogP contribution in [0.5, 0.6) is 5.75 Å². The summed E-state index contributed by atoms with van der Waals surface area (Å²) in [7, 11) is 1.46. The number of halogens is 2. The molecule has 23 heavy (non-hydrogen) atoms. The first kappa shape index (κ1) is 17.3. The zero-order valence-corrected chi connectivity index (χ0v) is 14.8. The molecule has 0 unspecified atom stereocenters. The zero-order valence-electron chi connectivity index (χ0n) is 12.4. The summed E-state index contributed by atoms with van der Waals surface area (Å²) in [6.07, 6.45) is 0. The second-order valence-electron chi connectivity index (χ2n) is 4.71. The lowest BCUT2D eigenvalue weighted by atomic mass is 10.2. The van der Waals surface area contributed by atoms with E-state index in [-0.39, 0.29) is 0 Å². The van der Waals surface area contributed by atoms with E-state index < -0.39 is 11.8 Å². The summed E-state index contributed by atoms with van der Waals surface area (Å²) < 4.78 is 6.01. The molecule has 0 aromatic heterocycles. The number of amides is 2. The van der Waals surface area contributed by atoms with Gasteiger partial charge in [-0.15, -0.1) is 0 Å². The van der Waals surface area contributed by atoms with Gasteiger partial charge in [-0.2, -0.15) is 0 Å². The number of anilines is 2. The van der Waals surface area contributed by atoms with Gasteiger partial charge in [0.25, 0.3) is 0 Å². The Balaban J connectivity index is 2.11. The van der Waals surface area contributed by atoms with Gasteiger partial charge in [0, 0.05) is 15.2 Å². The normalized spacial score (nSPS) is 10.1. The molecule has 0 bridgehead atoms. The number of carbonyl (C=O) groups is 2. The van der Waals surface area contributed by atoms with Crippen LogP contribution in [0.25, 0.3) is 0 Å². The van der Waals surface area contributed by atoms with Gasteiger partial charge in [-0.1, -0.05) is 27.5 Å². The van der Waals surface area contributed by atoms with E-state index in [2.05, 4.69) is 26.6 Å². The summed E-state index contributed by atoms with van der Waals surface area (Å²) in [6, 6.07) is 10.1. The Morgan fingerprint density at radius 3 is 2.30 bits per heavy atom. The molecule has 0 atom stereocenters. The smallest absolute Gasteiger partial charge is 0.314 e. The summed E-state index contributed by atoms with van der Waals surface area (Å²) in [4.78, 5) is 24.1. The molecule has 0 aliphatic rings. The van der Waals surface area contributed by atoms with E-state index in [0.717, 1.165) is 10.0 Å². The fourth-order valence-electron chi connectivity index (χ4n) is 1.90. The third-order valence-electron chi connectivity index (χ3n) is 3.05. The van der Waals surface area contributed by atoms with Gasteiger partial charge in [-0.05, 0) is 48.9 Å². The van der Waals surface area contributed by atoms with E-state index in [9.17, 15) is 9.59 Å². The number of aryl methyl sites for hydroxylation is 1. The van der Waals surface area contributed by atoms with Crippen LogP contribution in [0.3, 0.4) is 0 Å². The molecule has 0 spiro atoms. The first-order chi connectivity index (χ1) is 10.9. The monoisotopic (exact) mass is 396 g/mol. The number of methoxy groups -OCH3 is 1. The van der Waals surface area contributed by atoms with E-state index >= 15 is 0 Å². The third kappa shape index (κ3) is 4.46. The average Bonchev–Trinajstić information content (AvgIpc) is 2.50. The van der Waals surface area contributed by atoms with E-state index in [1.54, 1.807) is 24.3 Å². The van der Waals surface area contributed by atoms with Crippen molar-refractivity contribution in [1.82, 2.24) is 0 Å². The molecule has 7 heteroatoms. The Morgan fingerprint density at radius 1 is 1.04 bits per heavy atom. The van der Waals surface area contributed by atoms with Gasteiger partial charge in [0.1, 0.15) is 5.75 Å². The summed E-state index contributed by atoms with van der Waals surface area (Å²) in [6.45, 7) is 1.83. The van der Waals surface area contributed by atoms with Crippen molar-refractivity contribution >= 4 is 50.7 Å². The number of hydrogen-bond acceptors (Lipinski definition) is 3. The van der Waals surface area contributed by atoms with Crippen molar-refractivity contribution < 1.29 is 14.3 Å². The minimum absolute atomic E-state index is 0.327. The SMILES string of the molecule is COc1ccc(Cl)cc1NC(=O)C(=O)Nc1ccc(Br)cc1C. The molecular weight excluding hydrogens is 384 g/mol. The molecule has 5 nitrogen and oxygen atoms in total. The first-order valence-electron chi connectivity index (χ1n) is 6.62. The molecule has 2 amide bonds. The molecule has 2 aromatic rings. The lowest BCUT2D eigenvalue weighted by Crippen LogP contribution is -2.29. The van der Waals surface area contributed by atoms with Gasteiger partial charge in [-0.3, -0.25) is 9.59 Å². The lowest BCUT2D eigenvalue weighted by Gasteiger charge is -2.11. The molecule has 2 N–H and O–H groups in total. The summed E-state index contributed by atoms with van der Waals surface area (Å²) in [5, 5.41) is 5.47. The van der Waals surface area contributed by atoms with Gasteiger partial charge < -0.3 is 15.4 Å². The molecular formula is C16H14BrClN2O3. The van der Waals surface area contributed by atoms with Crippen molar-refractivity contribution in [2.45, 2.75) is 6.92 Å². The van der Waals surface area contributed by atoms with E-state index in [1.807, 2.05) is 13.0 Å². The van der Waals surface area contributed by atoms with Gasteiger partial charge in [0.2, 0.25) is 0 Å². The summed E-state index contributed by atoms with van der Waals surface area (Å²) in [5.41, 5.74) is 1.72. The zero-order chi connectivity index (χ0) is 17.0. The number of benzene rings is 2. The minimum Gasteiger partial charge on any atom is -0.495 e. The Kier molecular flexibility index (Phi) is 5.63. The molecule has 120 valence electrons. The first-order valence-corrected chi connectivity index (χ1v) is 7.80. The highest BCUT2D eigenvalue weighted by Gasteiger charge is 2.17. The van der Waals surface area contributed by atoms with Gasteiger partial charge >= 0.3 is 11.8 Å². The highest BCUT2D eigenvalue weighted by molar-refractivity contribution is 9.10. The number of ether oxygens (including phenoxy) is 1. The van der Waals surface area contributed by atoms with Crippen LogP contribution in [0.2, 0.25) is 5.02 Å². The maximum atomic E-state index is 12.0. The van der Waals surface area contributed by atoms with Crippen molar-refractivity contribution in [3.63, 3.8) is 0 Å². The molecule has 0 saturated carbocycles. The van der Waals surface area contributed by atoms with Gasteiger partial charge in [-0.25, -0.2) is 0 Å². The Labute approximate surface area is 147 Å². The van der Waals surface area contributed by atoms with Crippen LogP contribution in [-0.4, -0.2) is 18.9 Å². The second kappa shape index (κ2) is 7.48. The number of nitrogens with one attached hydrogen (secondary N) is 2. The van der Waals surface area contributed by atoms with Crippen LogP contribution in [0.15, 0.2) is 40.9 Å². The molecule has 2 rings (SSSR count). The van der Waals surface area contributed by atoms with Crippen LogP contribution >= 0.6 is 27.5 Å². The van der Waals surface area contributed by atoms with Crippen molar-refractivity contribution in [3.05, 3.63) is 51.5 Å². The van der Waals surface area contributed by atoms with Crippen molar-refractivity contribution in [2.75, 3.05) is 17.7 Å². The van der Waals surface area contributed by atoms with Crippen LogP contribution in [0.4, 0.5) is 11.4 Å². The van der Waals surface area contributed by atoms with E-state index in [0.29, 0.717) is 22.1 Å². The molecule has 0 radical (unpaired) electrons. The number of rotatable bonds is 3. The van der Waals surface area contributed by atoms with Crippen molar-refractivity contribution in [1.29, 1.82) is 0 Å². The van der Waals surface area contributed by atoms with E-state index in [4.69, 9.17) is 16.3 Å². The highest BCUT2D eigenvalue weighted by atomic mass is 79.9. The molecule has 0 aliphatic heterocycles. The third-order valence-corrected chi connectivity index (χ3v) is 3.78. The summed E-state index contributed by atoms with van der Waals surface area (Å²) in [5.74, 6) is -1.18. The minimum atomic E-state index is -0.812. The highest BCUT2D eigenvalue weighted by Crippen LogP contribution is 2.27. The van der Waals surface area contributed by atoms with Crippen LogP contribution in [-0.2, 0) is 9.59 Å². The predicted molar refractivity (Wildman–Crippen MR) is 94.1 cm³/mol. The van der Waals surface area contributed by atoms with Crippen LogP contribution < -0.4 is 15.4 Å². The second-order valence-corrected chi connectivity index (χ2v) is 6.06. The average molecular weight is 398 g/mol. The van der Waals surface area contributed by atoms with Crippen molar-refractivity contribution in [2.24, 2.45) is 0 Å². The van der Waals surface area contributed by atoms with Gasteiger partial charge in [0.05, 0.1) is 12.8 Å². The Bertz CT molecular complexity index is 765. The molecule has 0 heterocycles. The van der Waals surface area contributed by atoms with Crippen LogP contribution in [0.1, 0.15) is 5.56 Å². The maximum Gasteiger partial charge on any atom is 0.314 e. The fraction of sp³-hybridized carbons (Fsp3) is 0.125. The Hall–Kier alpha value is -2.05. The number of hydrogen-bond donors (Lipinski definition) is 2. The molecule has 0 fully saturated rings. The largest absolute Gasteiger partial charge is 0.495 e. The maximum absolute atomic E-state index is 12.0. The molecule has 0 aliphatic carbocycles. The fourth-order valence-corrected chi connectivity index (χ4v) is 2.55. The van der Waals surface area contributed by atoms with E-state index in [1.165, 1.54) is 13.2 Å². The topological polar surface area (TPSA) is 67.4 Å². The quantitative estimate of drug-likeness (QED) is 0.769. The van der Waals surface area contributed by atoms with Crippen molar-refractivity contribution in [3.8, 4) is 5.75 Å². The lowest BCUT2D eigenvalue weighted by molar-refractivity contribution is -0.133. The Morgan fingerprint density at radius 2 is 1.70 bits per heavy atom. The standard InChI is InChI=1S/C16H14BrClN2O3/c1-9-7-10(17)3-5-12(9)19-15(21)16(22)20-13-8-11(18)4-6-14(13)23-2/h3-8H,1-2H3,(H,19,21)(H,20,22). The molecule has 0 saturated heterocycles. The predicted octanol–water partition coefficient (Wildman–Crippen LogP) is 4.00. The number of carbonyl (C=O) groups excluding carboxylic acids is 2. The van der Waals surface area contributed by atoms with Crippen LogP contribution in [0, 0.1) is 6.92 Å². The summed E-state index contributed by atoms with van der Waals surface area (Å²) >= 11 is 9.23. The molecule has 2 aromatic carbocycles.